The Hall–Kier alpha value is -2.13. The first-order chi connectivity index (χ1) is 9.22. The molecule has 3 heteroatoms. The van der Waals surface area contributed by atoms with Crippen LogP contribution in [0.2, 0.25) is 0 Å². The number of benzene rings is 2. The van der Waals surface area contributed by atoms with Gasteiger partial charge in [-0.1, -0.05) is 30.3 Å². The van der Waals surface area contributed by atoms with Crippen molar-refractivity contribution >= 4 is 11.6 Å². The predicted octanol–water partition coefficient (Wildman–Crippen LogP) is 2.60. The van der Waals surface area contributed by atoms with Crippen molar-refractivity contribution in [3.05, 3.63) is 65.7 Å². The number of amides is 1. The van der Waals surface area contributed by atoms with Crippen LogP contribution in [-0.4, -0.2) is 19.0 Å². The number of hydrogen-bond acceptors (Lipinski definition) is 2. The van der Waals surface area contributed by atoms with Crippen molar-refractivity contribution in [2.45, 2.75) is 6.92 Å². The van der Waals surface area contributed by atoms with Crippen LogP contribution in [0.15, 0.2) is 54.6 Å². The fourth-order valence-electron chi connectivity index (χ4n) is 2.01. The van der Waals surface area contributed by atoms with Crippen molar-refractivity contribution in [3.8, 4) is 0 Å². The van der Waals surface area contributed by atoms with Gasteiger partial charge in [-0.05, 0) is 36.8 Å². The number of hydrogen-bond donors (Lipinski definition) is 1. The average molecular weight is 254 g/mol. The van der Waals surface area contributed by atoms with E-state index in [1.165, 1.54) is 0 Å². The van der Waals surface area contributed by atoms with Gasteiger partial charge in [-0.25, -0.2) is 0 Å². The zero-order valence-electron chi connectivity index (χ0n) is 11.0. The van der Waals surface area contributed by atoms with Crippen LogP contribution < -0.4 is 10.6 Å². The molecule has 2 aromatic carbocycles. The SMILES string of the molecule is Cc1cccc(N(CCN)C(=O)c2ccccc2)c1. The summed E-state index contributed by atoms with van der Waals surface area (Å²) >= 11 is 0. The molecule has 0 spiro atoms. The molecular formula is C16H18N2O. The summed E-state index contributed by atoms with van der Waals surface area (Å²) in [6.07, 6.45) is 0. The lowest BCUT2D eigenvalue weighted by Gasteiger charge is -2.22. The standard InChI is InChI=1S/C16H18N2O/c1-13-6-5-9-15(12-13)18(11-10-17)16(19)14-7-3-2-4-8-14/h2-9,12H,10-11,17H2,1H3. The van der Waals surface area contributed by atoms with E-state index in [0.29, 0.717) is 18.7 Å². The minimum Gasteiger partial charge on any atom is -0.329 e. The van der Waals surface area contributed by atoms with E-state index >= 15 is 0 Å². The molecule has 2 aromatic rings. The minimum absolute atomic E-state index is 0.0170. The smallest absolute Gasteiger partial charge is 0.258 e. The summed E-state index contributed by atoms with van der Waals surface area (Å²) in [4.78, 5) is 14.2. The van der Waals surface area contributed by atoms with E-state index in [4.69, 9.17) is 5.73 Å². The fraction of sp³-hybridized carbons (Fsp3) is 0.188. The Morgan fingerprint density at radius 1 is 1.11 bits per heavy atom. The lowest BCUT2D eigenvalue weighted by Crippen LogP contribution is -2.35. The Bertz CT molecular complexity index is 552. The molecule has 2 N–H and O–H groups in total. The number of aryl methyl sites for hydroxylation is 1. The van der Waals surface area contributed by atoms with Crippen molar-refractivity contribution in [1.29, 1.82) is 0 Å². The molecule has 0 aromatic heterocycles. The van der Waals surface area contributed by atoms with Gasteiger partial charge in [0, 0.05) is 24.3 Å². The van der Waals surface area contributed by atoms with Crippen LogP contribution in [0.4, 0.5) is 5.69 Å². The highest BCUT2D eigenvalue weighted by Gasteiger charge is 2.16. The third-order valence-electron chi connectivity index (χ3n) is 2.93. The van der Waals surface area contributed by atoms with E-state index in [2.05, 4.69) is 0 Å². The second-order valence-corrected chi connectivity index (χ2v) is 4.45. The molecule has 19 heavy (non-hydrogen) atoms. The summed E-state index contributed by atoms with van der Waals surface area (Å²) in [5.41, 5.74) is 8.32. The van der Waals surface area contributed by atoms with E-state index in [1.807, 2.05) is 61.5 Å². The van der Waals surface area contributed by atoms with E-state index in [0.717, 1.165) is 11.3 Å². The maximum atomic E-state index is 12.5. The number of anilines is 1. The molecule has 0 saturated carbocycles. The highest BCUT2D eigenvalue weighted by molar-refractivity contribution is 6.06. The normalized spacial score (nSPS) is 10.2. The van der Waals surface area contributed by atoms with Crippen molar-refractivity contribution in [2.24, 2.45) is 5.73 Å². The minimum atomic E-state index is -0.0170. The zero-order valence-corrected chi connectivity index (χ0v) is 11.0. The van der Waals surface area contributed by atoms with Gasteiger partial charge in [0.2, 0.25) is 0 Å². The molecule has 0 atom stereocenters. The lowest BCUT2D eigenvalue weighted by atomic mass is 10.1. The second kappa shape index (κ2) is 6.16. The Labute approximate surface area is 113 Å². The van der Waals surface area contributed by atoms with E-state index < -0.39 is 0 Å². The average Bonchev–Trinajstić information content (AvgIpc) is 2.45. The molecule has 0 aliphatic rings. The molecule has 98 valence electrons. The first-order valence-electron chi connectivity index (χ1n) is 6.36. The van der Waals surface area contributed by atoms with Crippen molar-refractivity contribution in [3.63, 3.8) is 0 Å². The quantitative estimate of drug-likeness (QED) is 0.911. The molecule has 0 radical (unpaired) electrons. The summed E-state index contributed by atoms with van der Waals surface area (Å²) in [5.74, 6) is -0.0170. The molecular weight excluding hydrogens is 236 g/mol. The molecule has 0 bridgehead atoms. The number of nitrogens with two attached hydrogens (primary N) is 1. The van der Waals surface area contributed by atoms with Gasteiger partial charge in [-0.15, -0.1) is 0 Å². The van der Waals surface area contributed by atoms with Crippen LogP contribution in [-0.2, 0) is 0 Å². The van der Waals surface area contributed by atoms with Gasteiger partial charge < -0.3 is 10.6 Å². The second-order valence-electron chi connectivity index (χ2n) is 4.45. The molecule has 2 rings (SSSR count). The fourth-order valence-corrected chi connectivity index (χ4v) is 2.01. The molecule has 3 nitrogen and oxygen atoms in total. The van der Waals surface area contributed by atoms with Crippen LogP contribution in [0.5, 0.6) is 0 Å². The number of rotatable bonds is 4. The lowest BCUT2D eigenvalue weighted by molar-refractivity contribution is 0.0987. The predicted molar refractivity (Wildman–Crippen MR) is 78.4 cm³/mol. The Balaban J connectivity index is 2.33. The first-order valence-corrected chi connectivity index (χ1v) is 6.36. The van der Waals surface area contributed by atoms with Crippen molar-refractivity contribution in [2.75, 3.05) is 18.0 Å². The molecule has 0 aliphatic carbocycles. The van der Waals surface area contributed by atoms with Crippen molar-refractivity contribution in [1.82, 2.24) is 0 Å². The number of carbonyl (C=O) groups excluding carboxylic acids is 1. The van der Waals surface area contributed by atoms with E-state index in [9.17, 15) is 4.79 Å². The Morgan fingerprint density at radius 3 is 2.47 bits per heavy atom. The molecule has 0 heterocycles. The van der Waals surface area contributed by atoms with E-state index in [1.54, 1.807) is 4.90 Å². The first kappa shape index (κ1) is 13.3. The maximum Gasteiger partial charge on any atom is 0.258 e. The third-order valence-corrected chi connectivity index (χ3v) is 2.93. The Morgan fingerprint density at radius 2 is 1.84 bits per heavy atom. The van der Waals surface area contributed by atoms with Gasteiger partial charge in [0.15, 0.2) is 0 Å². The molecule has 0 aliphatic heterocycles. The molecule has 0 saturated heterocycles. The summed E-state index contributed by atoms with van der Waals surface area (Å²) < 4.78 is 0. The summed E-state index contributed by atoms with van der Waals surface area (Å²) in [6.45, 7) is 2.96. The van der Waals surface area contributed by atoms with Crippen LogP contribution >= 0.6 is 0 Å². The van der Waals surface area contributed by atoms with Gasteiger partial charge in [-0.2, -0.15) is 0 Å². The highest BCUT2D eigenvalue weighted by Crippen LogP contribution is 2.18. The maximum absolute atomic E-state index is 12.5. The summed E-state index contributed by atoms with van der Waals surface area (Å²) in [6, 6.07) is 17.2. The largest absolute Gasteiger partial charge is 0.329 e. The molecule has 1 amide bonds. The van der Waals surface area contributed by atoms with Crippen LogP contribution in [0.25, 0.3) is 0 Å². The summed E-state index contributed by atoms with van der Waals surface area (Å²) in [7, 11) is 0. The molecule has 0 fully saturated rings. The van der Waals surface area contributed by atoms with Crippen LogP contribution in [0.3, 0.4) is 0 Å². The van der Waals surface area contributed by atoms with E-state index in [-0.39, 0.29) is 5.91 Å². The van der Waals surface area contributed by atoms with Gasteiger partial charge in [0.25, 0.3) is 5.91 Å². The van der Waals surface area contributed by atoms with Crippen LogP contribution in [0, 0.1) is 6.92 Å². The van der Waals surface area contributed by atoms with Crippen molar-refractivity contribution < 1.29 is 4.79 Å². The third kappa shape index (κ3) is 3.20. The van der Waals surface area contributed by atoms with Gasteiger partial charge >= 0.3 is 0 Å². The topological polar surface area (TPSA) is 46.3 Å². The number of carbonyl (C=O) groups is 1. The van der Waals surface area contributed by atoms with Gasteiger partial charge in [0.05, 0.1) is 0 Å². The summed E-state index contributed by atoms with van der Waals surface area (Å²) in [5, 5.41) is 0. The number of nitrogens with zero attached hydrogens (tertiary/aromatic N) is 1. The van der Waals surface area contributed by atoms with Gasteiger partial charge in [0.1, 0.15) is 0 Å². The van der Waals surface area contributed by atoms with Crippen LogP contribution in [0.1, 0.15) is 15.9 Å². The van der Waals surface area contributed by atoms with Gasteiger partial charge in [-0.3, -0.25) is 4.79 Å². The highest BCUT2D eigenvalue weighted by atomic mass is 16.2. The molecule has 0 unspecified atom stereocenters. The Kier molecular flexibility index (Phi) is 4.31. The zero-order chi connectivity index (χ0) is 13.7. The monoisotopic (exact) mass is 254 g/mol.